The number of hydrogen-bond acceptors (Lipinski definition) is 3. The SMILES string of the molecule is Brc1ccc(-c2nc(-c3ccc(Br)cc3)nc(-n3c4ccccc4c4ccc5c(c6ccccc6n5-c5ccccc5)c43)n2)cc1. The Morgan fingerprint density at radius 3 is 1.59 bits per heavy atom. The van der Waals surface area contributed by atoms with Crippen molar-refractivity contribution in [2.75, 3.05) is 0 Å². The molecule has 0 radical (unpaired) electrons. The van der Waals surface area contributed by atoms with Gasteiger partial charge in [0.05, 0.1) is 22.1 Å². The highest BCUT2D eigenvalue weighted by Crippen LogP contribution is 2.41. The molecule has 0 fully saturated rings. The molecular weight excluding hydrogens is 698 g/mol. The summed E-state index contributed by atoms with van der Waals surface area (Å²) < 4.78 is 6.57. The van der Waals surface area contributed by atoms with Gasteiger partial charge in [0.15, 0.2) is 11.6 Å². The van der Waals surface area contributed by atoms with Crippen LogP contribution < -0.4 is 0 Å². The van der Waals surface area contributed by atoms with Crippen molar-refractivity contribution in [3.05, 3.63) is 148 Å². The van der Waals surface area contributed by atoms with Crippen molar-refractivity contribution in [2.45, 2.75) is 0 Å². The number of nitrogens with zero attached hydrogens (tertiary/aromatic N) is 5. The number of halogens is 2. The number of hydrogen-bond donors (Lipinski definition) is 0. The van der Waals surface area contributed by atoms with E-state index in [-0.39, 0.29) is 0 Å². The molecule has 5 nitrogen and oxygen atoms in total. The molecular formula is C39H23Br2N5. The summed E-state index contributed by atoms with van der Waals surface area (Å²) in [5.74, 6) is 1.79. The second kappa shape index (κ2) is 10.8. The van der Waals surface area contributed by atoms with Crippen LogP contribution in [-0.2, 0) is 0 Å². The molecule has 0 spiro atoms. The average Bonchev–Trinajstić information content (AvgIpc) is 3.62. The van der Waals surface area contributed by atoms with Gasteiger partial charge in [-0.25, -0.2) is 4.98 Å². The van der Waals surface area contributed by atoms with Crippen LogP contribution in [-0.4, -0.2) is 24.1 Å². The lowest BCUT2D eigenvalue weighted by molar-refractivity contribution is 0.955. The van der Waals surface area contributed by atoms with Gasteiger partial charge in [-0.3, -0.25) is 4.57 Å². The highest BCUT2D eigenvalue weighted by Gasteiger charge is 2.23. The monoisotopic (exact) mass is 719 g/mol. The highest BCUT2D eigenvalue weighted by atomic mass is 79.9. The van der Waals surface area contributed by atoms with Crippen LogP contribution in [0.2, 0.25) is 0 Å². The topological polar surface area (TPSA) is 48.5 Å². The number of benzene rings is 6. The minimum Gasteiger partial charge on any atom is -0.309 e. The van der Waals surface area contributed by atoms with Gasteiger partial charge in [0.2, 0.25) is 5.95 Å². The van der Waals surface area contributed by atoms with Crippen LogP contribution in [0.4, 0.5) is 0 Å². The molecule has 0 aliphatic rings. The molecule has 0 bridgehead atoms. The van der Waals surface area contributed by atoms with Gasteiger partial charge in [-0.2, -0.15) is 9.97 Å². The number of aromatic nitrogens is 5. The molecule has 0 amide bonds. The third-order valence-corrected chi connectivity index (χ3v) is 9.57. The van der Waals surface area contributed by atoms with E-state index in [1.165, 1.54) is 5.39 Å². The first kappa shape index (κ1) is 27.2. The summed E-state index contributed by atoms with van der Waals surface area (Å²) in [6, 6.07) is 48.4. The van der Waals surface area contributed by atoms with Crippen molar-refractivity contribution >= 4 is 75.5 Å². The molecule has 0 atom stereocenters. The third kappa shape index (κ3) is 4.30. The smallest absolute Gasteiger partial charge is 0.238 e. The maximum atomic E-state index is 5.18. The van der Waals surface area contributed by atoms with Crippen LogP contribution in [0.15, 0.2) is 148 Å². The van der Waals surface area contributed by atoms with Gasteiger partial charge >= 0.3 is 0 Å². The van der Waals surface area contributed by atoms with Gasteiger partial charge < -0.3 is 4.57 Å². The molecule has 6 aromatic carbocycles. The molecule has 0 N–H and O–H groups in total. The van der Waals surface area contributed by atoms with E-state index < -0.39 is 0 Å². The molecule has 3 heterocycles. The first-order chi connectivity index (χ1) is 22.6. The third-order valence-electron chi connectivity index (χ3n) is 8.51. The average molecular weight is 721 g/mol. The molecule has 0 saturated heterocycles. The Morgan fingerprint density at radius 1 is 0.413 bits per heavy atom. The summed E-state index contributed by atoms with van der Waals surface area (Å²) in [4.78, 5) is 15.3. The maximum Gasteiger partial charge on any atom is 0.238 e. The fourth-order valence-corrected chi connectivity index (χ4v) is 7.02. The molecule has 218 valence electrons. The summed E-state index contributed by atoms with van der Waals surface area (Å²) >= 11 is 7.15. The molecule has 7 heteroatoms. The summed E-state index contributed by atoms with van der Waals surface area (Å²) in [6.07, 6.45) is 0. The Bertz CT molecular complexity index is 2520. The predicted octanol–water partition coefficient (Wildman–Crippen LogP) is 10.9. The first-order valence-electron chi connectivity index (χ1n) is 14.9. The Morgan fingerprint density at radius 2 is 0.957 bits per heavy atom. The zero-order valence-corrected chi connectivity index (χ0v) is 27.4. The second-order valence-electron chi connectivity index (χ2n) is 11.2. The molecule has 46 heavy (non-hydrogen) atoms. The van der Waals surface area contributed by atoms with E-state index in [1.54, 1.807) is 0 Å². The van der Waals surface area contributed by atoms with Crippen LogP contribution in [0, 0.1) is 0 Å². The summed E-state index contributed by atoms with van der Waals surface area (Å²) in [6.45, 7) is 0. The second-order valence-corrected chi connectivity index (χ2v) is 13.0. The van der Waals surface area contributed by atoms with Gasteiger partial charge in [-0.15, -0.1) is 0 Å². The molecule has 9 rings (SSSR count). The Labute approximate surface area is 281 Å². The minimum absolute atomic E-state index is 0.570. The minimum atomic E-state index is 0.570. The lowest BCUT2D eigenvalue weighted by Crippen LogP contribution is -2.06. The molecule has 0 aliphatic heterocycles. The Hall–Kier alpha value is -5.11. The van der Waals surface area contributed by atoms with Gasteiger partial charge in [-0.05, 0) is 54.6 Å². The van der Waals surface area contributed by atoms with E-state index in [1.807, 2.05) is 48.5 Å². The standard InChI is InChI=1S/C39H23Br2N5/c40-26-18-14-24(15-19-26)37-42-38(25-16-20-27(41)21-17-25)44-39(43-37)46-32-12-6-4-10-29(32)30-22-23-34-35(36(30)46)31-11-5-7-13-33(31)45(34)28-8-2-1-3-9-28/h1-23H. The van der Waals surface area contributed by atoms with Crippen molar-refractivity contribution in [3.63, 3.8) is 0 Å². The van der Waals surface area contributed by atoms with Crippen molar-refractivity contribution in [2.24, 2.45) is 0 Å². The summed E-state index contributed by atoms with van der Waals surface area (Å²) in [5, 5.41) is 4.62. The van der Waals surface area contributed by atoms with E-state index in [0.29, 0.717) is 17.6 Å². The fraction of sp³-hybridized carbons (Fsp3) is 0. The summed E-state index contributed by atoms with van der Waals surface area (Å²) in [5.41, 5.74) is 7.32. The number of para-hydroxylation sites is 3. The van der Waals surface area contributed by atoms with Gasteiger partial charge in [0, 0.05) is 47.3 Å². The van der Waals surface area contributed by atoms with E-state index in [4.69, 9.17) is 15.0 Å². The molecule has 3 aromatic heterocycles. The lowest BCUT2D eigenvalue weighted by atomic mass is 10.1. The zero-order valence-electron chi connectivity index (χ0n) is 24.3. The van der Waals surface area contributed by atoms with Crippen molar-refractivity contribution in [1.29, 1.82) is 0 Å². The van der Waals surface area contributed by atoms with Gasteiger partial charge in [0.1, 0.15) is 0 Å². The highest BCUT2D eigenvalue weighted by molar-refractivity contribution is 9.10. The molecule has 0 unspecified atom stereocenters. The Kier molecular flexibility index (Phi) is 6.37. The van der Waals surface area contributed by atoms with Crippen LogP contribution in [0.1, 0.15) is 0 Å². The van der Waals surface area contributed by atoms with Crippen LogP contribution in [0.3, 0.4) is 0 Å². The zero-order chi connectivity index (χ0) is 30.8. The maximum absolute atomic E-state index is 5.18. The fourth-order valence-electron chi connectivity index (χ4n) is 6.49. The Balaban J connectivity index is 1.44. The van der Waals surface area contributed by atoms with Crippen molar-refractivity contribution < 1.29 is 0 Å². The number of fused-ring (bicyclic) bond motifs is 7. The van der Waals surface area contributed by atoms with E-state index in [0.717, 1.165) is 64.0 Å². The molecule has 0 saturated carbocycles. The quantitative estimate of drug-likeness (QED) is 0.182. The largest absolute Gasteiger partial charge is 0.309 e. The van der Waals surface area contributed by atoms with Crippen LogP contribution in [0.5, 0.6) is 0 Å². The van der Waals surface area contributed by atoms with Crippen molar-refractivity contribution in [1.82, 2.24) is 24.1 Å². The van der Waals surface area contributed by atoms with Crippen LogP contribution >= 0.6 is 31.9 Å². The molecule has 9 aromatic rings. The predicted molar refractivity (Wildman–Crippen MR) is 195 cm³/mol. The van der Waals surface area contributed by atoms with Crippen molar-refractivity contribution in [3.8, 4) is 34.4 Å². The number of rotatable bonds is 4. The van der Waals surface area contributed by atoms with Gasteiger partial charge in [-0.1, -0.05) is 117 Å². The van der Waals surface area contributed by atoms with E-state index in [9.17, 15) is 0 Å². The van der Waals surface area contributed by atoms with Gasteiger partial charge in [0.25, 0.3) is 0 Å². The molecule has 0 aliphatic carbocycles. The summed E-state index contributed by atoms with van der Waals surface area (Å²) in [7, 11) is 0. The van der Waals surface area contributed by atoms with E-state index >= 15 is 0 Å². The first-order valence-corrected chi connectivity index (χ1v) is 16.5. The lowest BCUT2D eigenvalue weighted by Gasteiger charge is -2.12. The van der Waals surface area contributed by atoms with E-state index in [2.05, 4.69) is 132 Å². The van der Waals surface area contributed by atoms with Crippen LogP contribution in [0.25, 0.3) is 78.0 Å². The normalized spacial score (nSPS) is 11.7.